The molecule has 0 spiro atoms. The first-order chi connectivity index (χ1) is 10.3. The summed E-state index contributed by atoms with van der Waals surface area (Å²) >= 11 is 0. The summed E-state index contributed by atoms with van der Waals surface area (Å²) in [4.78, 5) is 2.33. The molecule has 0 bridgehead atoms. The Morgan fingerprint density at radius 1 is 1.19 bits per heavy atom. The maximum absolute atomic E-state index is 5.69. The molecule has 1 aliphatic carbocycles. The molecule has 0 unspecified atom stereocenters. The topological polar surface area (TPSA) is 24.5 Å². The Hall–Kier alpha value is -0.900. The second-order valence-corrected chi connectivity index (χ2v) is 6.25. The van der Waals surface area contributed by atoms with Gasteiger partial charge in [-0.3, -0.25) is 4.90 Å². The van der Waals surface area contributed by atoms with Gasteiger partial charge in [0.2, 0.25) is 0 Å². The van der Waals surface area contributed by atoms with Crippen molar-refractivity contribution < 1.29 is 4.74 Å². The molecule has 1 aliphatic rings. The van der Waals surface area contributed by atoms with Crippen LogP contribution in [0.4, 0.5) is 0 Å². The van der Waals surface area contributed by atoms with E-state index < -0.39 is 0 Å². The van der Waals surface area contributed by atoms with E-state index >= 15 is 0 Å². The minimum Gasteiger partial charge on any atom is -0.380 e. The van der Waals surface area contributed by atoms with Crippen LogP contribution in [-0.2, 0) is 17.8 Å². The number of ether oxygens (including phenoxy) is 1. The van der Waals surface area contributed by atoms with Gasteiger partial charge < -0.3 is 10.1 Å². The summed E-state index contributed by atoms with van der Waals surface area (Å²) in [6, 6.07) is 8.94. The Morgan fingerprint density at radius 2 is 1.90 bits per heavy atom. The lowest BCUT2D eigenvalue weighted by molar-refractivity contribution is 0.102. The van der Waals surface area contributed by atoms with E-state index in [0.717, 1.165) is 45.3 Å². The SMILES string of the molecule is CCCNCc1ccc(CN(C)CCOCC2CC2)cc1. The van der Waals surface area contributed by atoms with Crippen LogP contribution < -0.4 is 5.32 Å². The van der Waals surface area contributed by atoms with Crippen molar-refractivity contribution in [3.63, 3.8) is 0 Å². The first-order valence-electron chi connectivity index (χ1n) is 8.32. The highest BCUT2D eigenvalue weighted by Crippen LogP contribution is 2.28. The van der Waals surface area contributed by atoms with E-state index in [2.05, 4.69) is 48.5 Å². The zero-order valence-corrected chi connectivity index (χ0v) is 13.6. The van der Waals surface area contributed by atoms with Crippen molar-refractivity contribution in [2.24, 2.45) is 5.92 Å². The van der Waals surface area contributed by atoms with Crippen molar-refractivity contribution in [3.8, 4) is 0 Å². The normalized spacial score (nSPS) is 14.8. The quantitative estimate of drug-likeness (QED) is 0.634. The molecule has 0 atom stereocenters. The summed E-state index contributed by atoms with van der Waals surface area (Å²) in [7, 11) is 2.16. The molecule has 0 saturated heterocycles. The standard InChI is InChI=1S/C18H30N2O/c1-3-10-19-13-16-4-6-17(7-5-16)14-20(2)11-12-21-15-18-8-9-18/h4-7,18-19H,3,8-15H2,1-2H3. The fraction of sp³-hybridized carbons (Fsp3) is 0.667. The Labute approximate surface area is 129 Å². The van der Waals surface area contributed by atoms with Gasteiger partial charge in [0.1, 0.15) is 0 Å². The lowest BCUT2D eigenvalue weighted by atomic mass is 10.1. The largest absolute Gasteiger partial charge is 0.380 e. The smallest absolute Gasteiger partial charge is 0.0593 e. The van der Waals surface area contributed by atoms with Gasteiger partial charge in [-0.1, -0.05) is 31.2 Å². The lowest BCUT2D eigenvalue weighted by Crippen LogP contribution is -2.23. The molecule has 0 aromatic heterocycles. The van der Waals surface area contributed by atoms with Crippen LogP contribution in [0, 0.1) is 5.92 Å². The molecule has 1 aromatic rings. The second kappa shape index (κ2) is 9.19. The highest BCUT2D eigenvalue weighted by Gasteiger charge is 2.20. The average Bonchev–Trinajstić information content (AvgIpc) is 3.30. The van der Waals surface area contributed by atoms with Gasteiger partial charge in [-0.05, 0) is 49.9 Å². The monoisotopic (exact) mass is 290 g/mol. The van der Waals surface area contributed by atoms with Gasteiger partial charge in [0, 0.05) is 26.2 Å². The van der Waals surface area contributed by atoms with Gasteiger partial charge >= 0.3 is 0 Å². The third-order valence-corrected chi connectivity index (χ3v) is 3.90. The van der Waals surface area contributed by atoms with Crippen LogP contribution in [0.5, 0.6) is 0 Å². The molecular formula is C18H30N2O. The molecule has 2 rings (SSSR count). The van der Waals surface area contributed by atoms with Crippen molar-refractivity contribution in [3.05, 3.63) is 35.4 Å². The molecule has 0 amide bonds. The van der Waals surface area contributed by atoms with Gasteiger partial charge in [-0.15, -0.1) is 0 Å². The summed E-state index contributed by atoms with van der Waals surface area (Å²) in [5.74, 6) is 0.865. The number of likely N-dealkylation sites (N-methyl/N-ethyl adjacent to an activating group) is 1. The number of hydrogen-bond donors (Lipinski definition) is 1. The molecule has 0 heterocycles. The first-order valence-corrected chi connectivity index (χ1v) is 8.32. The molecule has 1 fully saturated rings. The third-order valence-electron chi connectivity index (χ3n) is 3.90. The maximum atomic E-state index is 5.69. The van der Waals surface area contributed by atoms with Gasteiger partial charge in [0.05, 0.1) is 6.61 Å². The Bertz CT molecular complexity index is 387. The van der Waals surface area contributed by atoms with Crippen molar-refractivity contribution in [2.45, 2.75) is 39.3 Å². The Morgan fingerprint density at radius 3 is 2.57 bits per heavy atom. The number of benzene rings is 1. The zero-order chi connectivity index (χ0) is 14.9. The van der Waals surface area contributed by atoms with E-state index in [1.54, 1.807) is 0 Å². The van der Waals surface area contributed by atoms with E-state index in [1.807, 2.05) is 0 Å². The molecular weight excluding hydrogens is 260 g/mol. The number of nitrogens with zero attached hydrogens (tertiary/aromatic N) is 1. The molecule has 118 valence electrons. The van der Waals surface area contributed by atoms with Gasteiger partial charge in [0.25, 0.3) is 0 Å². The third kappa shape index (κ3) is 7.07. The molecule has 0 aliphatic heterocycles. The van der Waals surface area contributed by atoms with Crippen LogP contribution in [-0.4, -0.2) is 38.3 Å². The van der Waals surface area contributed by atoms with Crippen molar-refractivity contribution in [2.75, 3.05) is 33.4 Å². The van der Waals surface area contributed by atoms with E-state index in [-0.39, 0.29) is 0 Å². The molecule has 1 N–H and O–H groups in total. The summed E-state index contributed by atoms with van der Waals surface area (Å²) in [5, 5.41) is 3.43. The van der Waals surface area contributed by atoms with Crippen LogP contribution in [0.15, 0.2) is 24.3 Å². The highest BCUT2D eigenvalue weighted by molar-refractivity contribution is 5.22. The van der Waals surface area contributed by atoms with Crippen LogP contribution in [0.1, 0.15) is 37.3 Å². The lowest BCUT2D eigenvalue weighted by Gasteiger charge is -2.17. The van der Waals surface area contributed by atoms with Gasteiger partial charge in [-0.2, -0.15) is 0 Å². The summed E-state index contributed by atoms with van der Waals surface area (Å²) in [6.45, 7) is 8.08. The summed E-state index contributed by atoms with van der Waals surface area (Å²) < 4.78 is 5.69. The predicted molar refractivity (Wildman–Crippen MR) is 88.3 cm³/mol. The van der Waals surface area contributed by atoms with Crippen LogP contribution in [0.25, 0.3) is 0 Å². The molecule has 1 saturated carbocycles. The van der Waals surface area contributed by atoms with E-state index in [9.17, 15) is 0 Å². The second-order valence-electron chi connectivity index (χ2n) is 6.25. The first kappa shape index (κ1) is 16.5. The zero-order valence-electron chi connectivity index (χ0n) is 13.6. The van der Waals surface area contributed by atoms with E-state index in [4.69, 9.17) is 4.74 Å². The Kier molecular flexibility index (Phi) is 7.20. The summed E-state index contributed by atoms with van der Waals surface area (Å²) in [6.07, 6.45) is 3.93. The molecule has 1 aromatic carbocycles. The maximum Gasteiger partial charge on any atom is 0.0593 e. The van der Waals surface area contributed by atoms with Crippen molar-refractivity contribution >= 4 is 0 Å². The fourth-order valence-electron chi connectivity index (χ4n) is 2.32. The van der Waals surface area contributed by atoms with E-state index in [0.29, 0.717) is 0 Å². The minimum absolute atomic E-state index is 0.853. The van der Waals surface area contributed by atoms with Crippen LogP contribution in [0.3, 0.4) is 0 Å². The van der Waals surface area contributed by atoms with Crippen molar-refractivity contribution in [1.82, 2.24) is 10.2 Å². The Balaban J connectivity index is 1.61. The molecule has 3 heteroatoms. The average molecular weight is 290 g/mol. The fourth-order valence-corrected chi connectivity index (χ4v) is 2.32. The minimum atomic E-state index is 0.853. The summed E-state index contributed by atoms with van der Waals surface area (Å²) in [5.41, 5.74) is 2.74. The highest BCUT2D eigenvalue weighted by atomic mass is 16.5. The predicted octanol–water partition coefficient (Wildman–Crippen LogP) is 3.04. The number of rotatable bonds is 11. The number of nitrogens with one attached hydrogen (secondary N) is 1. The van der Waals surface area contributed by atoms with Crippen molar-refractivity contribution in [1.29, 1.82) is 0 Å². The van der Waals surface area contributed by atoms with Crippen LogP contribution in [0.2, 0.25) is 0 Å². The van der Waals surface area contributed by atoms with E-state index in [1.165, 1.54) is 30.4 Å². The number of hydrogen-bond acceptors (Lipinski definition) is 3. The molecule has 21 heavy (non-hydrogen) atoms. The van der Waals surface area contributed by atoms with Crippen LogP contribution >= 0.6 is 0 Å². The molecule has 3 nitrogen and oxygen atoms in total. The van der Waals surface area contributed by atoms with Gasteiger partial charge in [-0.25, -0.2) is 0 Å². The van der Waals surface area contributed by atoms with Gasteiger partial charge in [0.15, 0.2) is 0 Å². The molecule has 0 radical (unpaired) electrons.